The molecular formula is C12H19NO5. The van der Waals surface area contributed by atoms with Gasteiger partial charge >= 0.3 is 5.97 Å². The van der Waals surface area contributed by atoms with Crippen molar-refractivity contribution in [1.82, 2.24) is 5.32 Å². The summed E-state index contributed by atoms with van der Waals surface area (Å²) >= 11 is 0. The molecule has 0 aromatic carbocycles. The fraction of sp³-hybridized carbons (Fsp3) is 0.833. The van der Waals surface area contributed by atoms with E-state index >= 15 is 0 Å². The van der Waals surface area contributed by atoms with Crippen LogP contribution in [0, 0.1) is 5.92 Å². The van der Waals surface area contributed by atoms with Gasteiger partial charge in [0, 0.05) is 32.7 Å². The molecule has 0 bridgehead atoms. The third-order valence-corrected chi connectivity index (χ3v) is 3.83. The maximum absolute atomic E-state index is 12.1. The second-order valence-corrected chi connectivity index (χ2v) is 4.96. The molecule has 2 aliphatic rings. The van der Waals surface area contributed by atoms with Gasteiger partial charge in [0.15, 0.2) is 0 Å². The maximum Gasteiger partial charge on any atom is 0.329 e. The number of amides is 1. The van der Waals surface area contributed by atoms with E-state index in [4.69, 9.17) is 9.47 Å². The zero-order chi connectivity index (χ0) is 13.2. The number of carbonyl (C=O) groups is 2. The van der Waals surface area contributed by atoms with Gasteiger partial charge in [0.05, 0.1) is 12.0 Å². The minimum absolute atomic E-state index is 0.143. The highest BCUT2D eigenvalue weighted by Gasteiger charge is 2.44. The number of aliphatic carboxylic acids is 1. The van der Waals surface area contributed by atoms with E-state index in [9.17, 15) is 14.7 Å². The number of carbonyl (C=O) groups excluding carboxylic acids is 1. The second-order valence-electron chi connectivity index (χ2n) is 4.96. The predicted octanol–water partition coefficient (Wildman–Crippen LogP) is 0.161. The monoisotopic (exact) mass is 257 g/mol. The molecule has 2 rings (SSSR count). The van der Waals surface area contributed by atoms with Crippen LogP contribution < -0.4 is 5.32 Å². The first-order valence-corrected chi connectivity index (χ1v) is 6.30. The van der Waals surface area contributed by atoms with Gasteiger partial charge in [-0.15, -0.1) is 0 Å². The molecule has 0 radical (unpaired) electrons. The Morgan fingerprint density at radius 2 is 1.94 bits per heavy atom. The summed E-state index contributed by atoms with van der Waals surface area (Å²) in [5, 5.41) is 12.1. The average molecular weight is 257 g/mol. The Kier molecular flexibility index (Phi) is 3.87. The van der Waals surface area contributed by atoms with Gasteiger partial charge in [-0.2, -0.15) is 0 Å². The van der Waals surface area contributed by atoms with Crippen molar-refractivity contribution in [2.45, 2.75) is 37.8 Å². The normalized spacial score (nSPS) is 30.9. The van der Waals surface area contributed by atoms with Crippen molar-refractivity contribution in [2.24, 2.45) is 5.92 Å². The van der Waals surface area contributed by atoms with Crippen molar-refractivity contribution in [3.8, 4) is 0 Å². The largest absolute Gasteiger partial charge is 0.480 e. The Hall–Kier alpha value is -1.14. The summed E-state index contributed by atoms with van der Waals surface area (Å²) in [4.78, 5) is 23.5. The van der Waals surface area contributed by atoms with Gasteiger partial charge in [-0.3, -0.25) is 4.79 Å². The molecule has 102 valence electrons. The summed E-state index contributed by atoms with van der Waals surface area (Å²) in [7, 11) is 0. The molecular weight excluding hydrogens is 238 g/mol. The van der Waals surface area contributed by atoms with Gasteiger partial charge in [-0.1, -0.05) is 0 Å². The zero-order valence-electron chi connectivity index (χ0n) is 10.5. The molecule has 0 aromatic heterocycles. The smallest absolute Gasteiger partial charge is 0.329 e. The molecule has 2 aliphatic heterocycles. The van der Waals surface area contributed by atoms with E-state index in [-0.39, 0.29) is 17.9 Å². The molecule has 2 N–H and O–H groups in total. The topological polar surface area (TPSA) is 84.9 Å². The van der Waals surface area contributed by atoms with Crippen molar-refractivity contribution in [2.75, 3.05) is 19.8 Å². The lowest BCUT2D eigenvalue weighted by Crippen LogP contribution is -2.59. The molecule has 1 amide bonds. The Bertz CT molecular complexity index is 337. The standard InChI is InChI=1S/C12H19NO5/c1-8-9(2-5-18-8)10(14)13-12(11(15)16)3-6-17-7-4-12/h8-9H,2-7H2,1H3,(H,13,14)(H,15,16). The van der Waals surface area contributed by atoms with Crippen molar-refractivity contribution in [3.05, 3.63) is 0 Å². The van der Waals surface area contributed by atoms with E-state index in [0.29, 0.717) is 39.1 Å². The van der Waals surface area contributed by atoms with Gasteiger partial charge in [0.2, 0.25) is 5.91 Å². The van der Waals surface area contributed by atoms with Crippen LogP contribution in [0.25, 0.3) is 0 Å². The highest BCUT2D eigenvalue weighted by atomic mass is 16.5. The number of ether oxygens (including phenoxy) is 2. The number of carboxylic acids is 1. The van der Waals surface area contributed by atoms with Crippen LogP contribution in [0.1, 0.15) is 26.2 Å². The van der Waals surface area contributed by atoms with Gasteiger partial charge in [-0.05, 0) is 13.3 Å². The minimum Gasteiger partial charge on any atom is -0.480 e. The lowest BCUT2D eigenvalue weighted by atomic mass is 9.88. The molecule has 2 fully saturated rings. The quantitative estimate of drug-likeness (QED) is 0.752. The van der Waals surface area contributed by atoms with Gasteiger partial charge < -0.3 is 19.9 Å². The van der Waals surface area contributed by atoms with Crippen LogP contribution in [0.3, 0.4) is 0 Å². The summed E-state index contributed by atoms with van der Waals surface area (Å²) in [6.45, 7) is 3.13. The molecule has 6 nitrogen and oxygen atoms in total. The number of hydrogen-bond acceptors (Lipinski definition) is 4. The summed E-state index contributed by atoms with van der Waals surface area (Å²) in [6, 6.07) is 0. The first-order valence-electron chi connectivity index (χ1n) is 6.30. The number of nitrogens with one attached hydrogen (secondary N) is 1. The molecule has 6 heteroatoms. The molecule has 2 saturated heterocycles. The first-order chi connectivity index (χ1) is 8.55. The molecule has 0 saturated carbocycles. The molecule has 0 aromatic rings. The molecule has 2 heterocycles. The third-order valence-electron chi connectivity index (χ3n) is 3.83. The van der Waals surface area contributed by atoms with Crippen LogP contribution in [-0.2, 0) is 19.1 Å². The van der Waals surface area contributed by atoms with Crippen LogP contribution in [0.2, 0.25) is 0 Å². The van der Waals surface area contributed by atoms with E-state index in [0.717, 1.165) is 0 Å². The highest BCUT2D eigenvalue weighted by molar-refractivity contribution is 5.88. The van der Waals surface area contributed by atoms with Crippen LogP contribution in [0.4, 0.5) is 0 Å². The van der Waals surface area contributed by atoms with E-state index in [2.05, 4.69) is 5.32 Å². The molecule has 0 aliphatic carbocycles. The summed E-state index contributed by atoms with van der Waals surface area (Å²) in [5.41, 5.74) is -1.17. The van der Waals surface area contributed by atoms with Crippen molar-refractivity contribution >= 4 is 11.9 Å². The summed E-state index contributed by atoms with van der Waals surface area (Å²) in [6.07, 6.45) is 1.14. The summed E-state index contributed by atoms with van der Waals surface area (Å²) < 4.78 is 10.5. The molecule has 0 spiro atoms. The Morgan fingerprint density at radius 3 is 2.44 bits per heavy atom. The fourth-order valence-corrected chi connectivity index (χ4v) is 2.52. The minimum atomic E-state index is -1.17. The Labute approximate surface area is 106 Å². The molecule has 18 heavy (non-hydrogen) atoms. The van der Waals surface area contributed by atoms with Crippen LogP contribution in [0.15, 0.2) is 0 Å². The van der Waals surface area contributed by atoms with Gasteiger partial charge in [0.1, 0.15) is 5.54 Å². The second kappa shape index (κ2) is 5.24. The number of carboxylic acid groups (broad SMARTS) is 1. The predicted molar refractivity (Wildman–Crippen MR) is 62.1 cm³/mol. The molecule has 2 atom stereocenters. The lowest BCUT2D eigenvalue weighted by Gasteiger charge is -2.34. The van der Waals surface area contributed by atoms with Gasteiger partial charge in [-0.25, -0.2) is 4.79 Å². The van der Waals surface area contributed by atoms with Crippen molar-refractivity contribution in [1.29, 1.82) is 0 Å². The number of rotatable bonds is 3. The lowest BCUT2D eigenvalue weighted by molar-refractivity contribution is -0.153. The van der Waals surface area contributed by atoms with Crippen LogP contribution >= 0.6 is 0 Å². The Balaban J connectivity index is 2.04. The maximum atomic E-state index is 12.1. The number of hydrogen-bond donors (Lipinski definition) is 2. The molecule has 2 unspecified atom stereocenters. The zero-order valence-corrected chi connectivity index (χ0v) is 10.5. The van der Waals surface area contributed by atoms with Crippen LogP contribution in [-0.4, -0.2) is 48.4 Å². The van der Waals surface area contributed by atoms with Crippen molar-refractivity contribution in [3.63, 3.8) is 0 Å². The summed E-state index contributed by atoms with van der Waals surface area (Å²) in [5.74, 6) is -1.45. The third kappa shape index (κ3) is 2.49. The van der Waals surface area contributed by atoms with E-state index in [1.54, 1.807) is 0 Å². The Morgan fingerprint density at radius 1 is 1.28 bits per heavy atom. The highest BCUT2D eigenvalue weighted by Crippen LogP contribution is 2.25. The van der Waals surface area contributed by atoms with E-state index < -0.39 is 11.5 Å². The van der Waals surface area contributed by atoms with Gasteiger partial charge in [0.25, 0.3) is 0 Å². The SMILES string of the molecule is CC1OCCC1C(=O)NC1(C(=O)O)CCOCC1. The van der Waals surface area contributed by atoms with E-state index in [1.807, 2.05) is 6.92 Å². The van der Waals surface area contributed by atoms with Crippen LogP contribution in [0.5, 0.6) is 0 Å². The fourth-order valence-electron chi connectivity index (χ4n) is 2.52. The average Bonchev–Trinajstić information content (AvgIpc) is 2.76. The first kappa shape index (κ1) is 13.3. The van der Waals surface area contributed by atoms with E-state index in [1.165, 1.54) is 0 Å². The van der Waals surface area contributed by atoms with Crippen molar-refractivity contribution < 1.29 is 24.2 Å².